The van der Waals surface area contributed by atoms with E-state index in [1.807, 2.05) is 0 Å². The van der Waals surface area contributed by atoms with Gasteiger partial charge in [-0.2, -0.15) is 0 Å². The fourth-order valence-corrected chi connectivity index (χ4v) is 3.40. The van der Waals surface area contributed by atoms with Crippen LogP contribution in [0, 0.1) is 0 Å². The molecule has 1 heteroatoms. The highest BCUT2D eigenvalue weighted by molar-refractivity contribution is 5.77. The molecule has 21 heavy (non-hydrogen) atoms. The zero-order valence-electron chi connectivity index (χ0n) is 13.2. The summed E-state index contributed by atoms with van der Waals surface area (Å²) >= 11 is 0. The summed E-state index contributed by atoms with van der Waals surface area (Å²) in [6, 6.07) is 16.4. The van der Waals surface area contributed by atoms with E-state index >= 15 is 0 Å². The molecule has 2 aromatic rings. The van der Waals surface area contributed by atoms with E-state index in [2.05, 4.69) is 61.6 Å². The summed E-state index contributed by atoms with van der Waals surface area (Å²) in [6.07, 6.45) is 4.86. The summed E-state index contributed by atoms with van der Waals surface area (Å²) in [6.45, 7) is 5.49. The van der Waals surface area contributed by atoms with Crippen LogP contribution in [-0.4, -0.2) is 6.54 Å². The van der Waals surface area contributed by atoms with Crippen molar-refractivity contribution in [3.63, 3.8) is 0 Å². The van der Waals surface area contributed by atoms with Crippen molar-refractivity contribution in [2.24, 2.45) is 0 Å². The van der Waals surface area contributed by atoms with Gasteiger partial charge >= 0.3 is 0 Å². The van der Waals surface area contributed by atoms with E-state index < -0.39 is 0 Å². The Labute approximate surface area is 128 Å². The first-order chi connectivity index (χ1) is 10.3. The number of hydrogen-bond acceptors (Lipinski definition) is 1. The van der Waals surface area contributed by atoms with E-state index in [1.54, 1.807) is 0 Å². The molecule has 0 radical (unpaired) electrons. The summed E-state index contributed by atoms with van der Waals surface area (Å²) < 4.78 is 0. The maximum atomic E-state index is 3.65. The molecule has 0 fully saturated rings. The van der Waals surface area contributed by atoms with Crippen LogP contribution < -0.4 is 5.32 Å². The van der Waals surface area contributed by atoms with Crippen molar-refractivity contribution in [2.45, 2.75) is 45.6 Å². The second-order valence-corrected chi connectivity index (χ2v) is 6.00. The minimum atomic E-state index is 0.494. The third-order valence-electron chi connectivity index (χ3n) is 4.52. The summed E-state index contributed by atoms with van der Waals surface area (Å²) in [5.41, 5.74) is 7.27. The van der Waals surface area contributed by atoms with E-state index in [0.29, 0.717) is 6.04 Å². The van der Waals surface area contributed by atoms with Crippen LogP contribution >= 0.6 is 0 Å². The molecule has 1 N–H and O–H groups in total. The molecule has 1 atom stereocenters. The molecule has 0 bridgehead atoms. The largest absolute Gasteiger partial charge is 0.310 e. The summed E-state index contributed by atoms with van der Waals surface area (Å²) in [7, 11) is 0. The lowest BCUT2D eigenvalue weighted by molar-refractivity contribution is 0.495. The van der Waals surface area contributed by atoms with E-state index in [4.69, 9.17) is 0 Å². The topological polar surface area (TPSA) is 12.0 Å². The Kier molecular flexibility index (Phi) is 4.40. The van der Waals surface area contributed by atoms with Crippen LogP contribution in [-0.2, 0) is 6.42 Å². The Morgan fingerprint density at radius 1 is 1.00 bits per heavy atom. The SMILES string of the molecule is CCCCC(NCC)c1ccc2c(c1)-c1ccccc1C2. The Hall–Kier alpha value is -1.60. The average molecular weight is 279 g/mol. The number of benzene rings is 2. The Balaban J connectivity index is 1.92. The lowest BCUT2D eigenvalue weighted by Gasteiger charge is -2.19. The highest BCUT2D eigenvalue weighted by Gasteiger charge is 2.19. The first-order valence-electron chi connectivity index (χ1n) is 8.28. The quantitative estimate of drug-likeness (QED) is 0.662. The molecule has 0 saturated heterocycles. The molecule has 1 unspecified atom stereocenters. The first-order valence-corrected chi connectivity index (χ1v) is 8.28. The summed E-state index contributed by atoms with van der Waals surface area (Å²) in [5, 5.41) is 3.65. The van der Waals surface area contributed by atoms with Gasteiger partial charge in [0.2, 0.25) is 0 Å². The van der Waals surface area contributed by atoms with Crippen LogP contribution in [0.2, 0.25) is 0 Å². The Morgan fingerprint density at radius 2 is 1.81 bits per heavy atom. The standard InChI is InChI=1S/C20H25N/c1-3-5-10-20(21-4-2)17-12-11-16-13-15-8-6-7-9-18(15)19(16)14-17/h6-9,11-12,14,20-21H,3-5,10,13H2,1-2H3. The molecule has 1 aliphatic carbocycles. The number of unbranched alkanes of at least 4 members (excludes halogenated alkanes) is 1. The zero-order valence-corrected chi connectivity index (χ0v) is 13.2. The lowest BCUT2D eigenvalue weighted by atomic mass is 9.96. The molecule has 0 saturated carbocycles. The van der Waals surface area contributed by atoms with E-state index in [-0.39, 0.29) is 0 Å². The third kappa shape index (κ3) is 2.89. The van der Waals surface area contributed by atoms with Crippen LogP contribution in [0.3, 0.4) is 0 Å². The first kappa shape index (κ1) is 14.3. The van der Waals surface area contributed by atoms with Crippen molar-refractivity contribution in [1.82, 2.24) is 5.32 Å². The van der Waals surface area contributed by atoms with Gasteiger partial charge in [0.05, 0.1) is 0 Å². The van der Waals surface area contributed by atoms with Crippen molar-refractivity contribution in [1.29, 1.82) is 0 Å². The lowest BCUT2D eigenvalue weighted by Crippen LogP contribution is -2.20. The summed E-state index contributed by atoms with van der Waals surface area (Å²) in [5.74, 6) is 0. The molecule has 1 nitrogen and oxygen atoms in total. The second kappa shape index (κ2) is 6.44. The van der Waals surface area contributed by atoms with Gasteiger partial charge in [-0.25, -0.2) is 0 Å². The molecule has 0 amide bonds. The van der Waals surface area contributed by atoms with E-state index in [9.17, 15) is 0 Å². The molecule has 110 valence electrons. The van der Waals surface area contributed by atoms with Gasteiger partial charge in [-0.1, -0.05) is 63.1 Å². The maximum absolute atomic E-state index is 3.65. The highest BCUT2D eigenvalue weighted by atomic mass is 14.9. The molecule has 3 rings (SSSR count). The van der Waals surface area contributed by atoms with Crippen molar-refractivity contribution < 1.29 is 0 Å². The molecule has 0 aliphatic heterocycles. The molecule has 1 aliphatic rings. The summed E-state index contributed by atoms with van der Waals surface area (Å²) in [4.78, 5) is 0. The van der Waals surface area contributed by atoms with Crippen LogP contribution in [0.15, 0.2) is 42.5 Å². The van der Waals surface area contributed by atoms with Gasteiger partial charge in [0.1, 0.15) is 0 Å². The maximum Gasteiger partial charge on any atom is 0.0320 e. The van der Waals surface area contributed by atoms with Gasteiger partial charge in [-0.05, 0) is 53.3 Å². The monoisotopic (exact) mass is 279 g/mol. The number of hydrogen-bond donors (Lipinski definition) is 1. The number of fused-ring (bicyclic) bond motifs is 3. The minimum Gasteiger partial charge on any atom is -0.310 e. The predicted octanol–water partition coefficient (Wildman–Crippen LogP) is 5.10. The van der Waals surface area contributed by atoms with Crippen LogP contribution in [0.25, 0.3) is 11.1 Å². The third-order valence-corrected chi connectivity index (χ3v) is 4.52. The van der Waals surface area contributed by atoms with Gasteiger partial charge in [0, 0.05) is 6.04 Å². The zero-order chi connectivity index (χ0) is 14.7. The van der Waals surface area contributed by atoms with Gasteiger partial charge in [0.25, 0.3) is 0 Å². The van der Waals surface area contributed by atoms with Gasteiger partial charge in [-0.3, -0.25) is 0 Å². The molecular weight excluding hydrogens is 254 g/mol. The van der Waals surface area contributed by atoms with Crippen LogP contribution in [0.1, 0.15) is 55.8 Å². The fourth-order valence-electron chi connectivity index (χ4n) is 3.40. The minimum absolute atomic E-state index is 0.494. The number of nitrogens with one attached hydrogen (secondary N) is 1. The Morgan fingerprint density at radius 3 is 2.62 bits per heavy atom. The fraction of sp³-hybridized carbons (Fsp3) is 0.400. The van der Waals surface area contributed by atoms with Crippen molar-refractivity contribution >= 4 is 0 Å². The van der Waals surface area contributed by atoms with Gasteiger partial charge in [0.15, 0.2) is 0 Å². The Bertz CT molecular complexity index is 615. The number of rotatable bonds is 6. The molecular formula is C20H25N. The highest BCUT2D eigenvalue weighted by Crippen LogP contribution is 2.38. The van der Waals surface area contributed by atoms with Gasteiger partial charge < -0.3 is 5.32 Å². The average Bonchev–Trinajstić information content (AvgIpc) is 2.89. The van der Waals surface area contributed by atoms with Crippen molar-refractivity contribution in [3.05, 3.63) is 59.2 Å². The smallest absolute Gasteiger partial charge is 0.0320 e. The van der Waals surface area contributed by atoms with Crippen molar-refractivity contribution in [3.8, 4) is 11.1 Å². The van der Waals surface area contributed by atoms with Crippen molar-refractivity contribution in [2.75, 3.05) is 6.54 Å². The van der Waals surface area contributed by atoms with Crippen LogP contribution in [0.5, 0.6) is 0 Å². The van der Waals surface area contributed by atoms with E-state index in [1.165, 1.54) is 47.1 Å². The normalized spacial score (nSPS) is 13.8. The predicted molar refractivity (Wildman–Crippen MR) is 90.6 cm³/mol. The molecule has 0 aromatic heterocycles. The molecule has 2 aromatic carbocycles. The van der Waals surface area contributed by atoms with Gasteiger partial charge in [-0.15, -0.1) is 0 Å². The second-order valence-electron chi connectivity index (χ2n) is 6.00. The molecule has 0 heterocycles. The molecule has 0 spiro atoms. The van der Waals surface area contributed by atoms with Crippen LogP contribution in [0.4, 0.5) is 0 Å². The van der Waals surface area contributed by atoms with E-state index in [0.717, 1.165) is 13.0 Å².